The van der Waals surface area contributed by atoms with E-state index in [1.807, 2.05) is 12.5 Å². The van der Waals surface area contributed by atoms with E-state index in [1.165, 1.54) is 0 Å². The molecule has 0 aliphatic carbocycles. The number of hydrogen-bond acceptors (Lipinski definition) is 6. The largest absolute Gasteiger partial charge is 0.481 e. The van der Waals surface area contributed by atoms with Crippen molar-refractivity contribution in [3.8, 4) is 0 Å². The number of rotatable bonds is 13. The molecule has 0 aromatic heterocycles. The van der Waals surface area contributed by atoms with Crippen LogP contribution in [-0.4, -0.2) is 65.5 Å². The number of carboxylic acid groups (broad SMARTS) is 1. The first-order chi connectivity index (χ1) is 11.8. The summed E-state index contributed by atoms with van der Waals surface area (Å²) in [6, 6.07) is -0.837. The molecule has 0 aliphatic heterocycles. The summed E-state index contributed by atoms with van der Waals surface area (Å²) in [7, 11) is 0. The van der Waals surface area contributed by atoms with Crippen molar-refractivity contribution in [1.29, 1.82) is 0 Å². The molecule has 0 saturated carbocycles. The number of hydrogen-bond donors (Lipinski definition) is 4. The fourth-order valence-corrected chi connectivity index (χ4v) is 3.43. The predicted molar refractivity (Wildman–Crippen MR) is 105 cm³/mol. The Morgan fingerprint density at radius 2 is 1.76 bits per heavy atom. The Balaban J connectivity index is 4.70. The number of carbonyl (C=O) groups is 3. The zero-order valence-electron chi connectivity index (χ0n) is 15.4. The van der Waals surface area contributed by atoms with Crippen LogP contribution >= 0.6 is 23.5 Å². The maximum Gasteiger partial charge on any atom is 0.307 e. The minimum atomic E-state index is -1.02. The second kappa shape index (κ2) is 13.3. The van der Waals surface area contributed by atoms with Crippen LogP contribution in [0.5, 0.6) is 0 Å². The average molecular weight is 394 g/mol. The fraction of sp³-hybridized carbons (Fsp3) is 0.812. The lowest BCUT2D eigenvalue weighted by atomic mass is 9.92. The Hall–Kier alpha value is -0.930. The number of carbonyl (C=O) groups excluding carboxylic acids is 2. The van der Waals surface area contributed by atoms with E-state index in [-0.39, 0.29) is 30.8 Å². The molecule has 0 heterocycles. The van der Waals surface area contributed by atoms with Gasteiger partial charge in [0.15, 0.2) is 0 Å². The molecule has 0 saturated heterocycles. The van der Waals surface area contributed by atoms with E-state index in [1.54, 1.807) is 37.4 Å². The third kappa shape index (κ3) is 9.96. The molecule has 2 amide bonds. The Morgan fingerprint density at radius 1 is 1.12 bits per heavy atom. The molecular weight excluding hydrogens is 362 g/mol. The van der Waals surface area contributed by atoms with Crippen molar-refractivity contribution >= 4 is 41.3 Å². The minimum Gasteiger partial charge on any atom is -0.481 e. The molecule has 0 bridgehead atoms. The van der Waals surface area contributed by atoms with Crippen LogP contribution < -0.4 is 16.4 Å². The molecule has 146 valence electrons. The molecule has 3 unspecified atom stereocenters. The van der Waals surface area contributed by atoms with Crippen molar-refractivity contribution in [2.24, 2.45) is 17.6 Å². The van der Waals surface area contributed by atoms with Crippen LogP contribution in [-0.2, 0) is 14.4 Å². The number of carboxylic acids is 1. The minimum absolute atomic E-state index is 0.0170. The molecule has 25 heavy (non-hydrogen) atoms. The van der Waals surface area contributed by atoms with Gasteiger partial charge in [0.2, 0.25) is 11.8 Å². The molecule has 9 heteroatoms. The van der Waals surface area contributed by atoms with Crippen molar-refractivity contribution in [3.05, 3.63) is 0 Å². The normalized spacial score (nSPS) is 14.6. The highest BCUT2D eigenvalue weighted by molar-refractivity contribution is 7.98. The van der Waals surface area contributed by atoms with E-state index in [2.05, 4.69) is 10.6 Å². The van der Waals surface area contributed by atoms with Crippen LogP contribution in [0.3, 0.4) is 0 Å². The van der Waals surface area contributed by atoms with Gasteiger partial charge in [-0.2, -0.15) is 23.5 Å². The van der Waals surface area contributed by atoms with Crippen LogP contribution in [0.25, 0.3) is 0 Å². The monoisotopic (exact) mass is 393 g/mol. The van der Waals surface area contributed by atoms with E-state index in [4.69, 9.17) is 10.8 Å². The summed E-state index contributed by atoms with van der Waals surface area (Å²) in [6.45, 7) is 3.46. The van der Waals surface area contributed by atoms with Crippen LogP contribution in [0, 0.1) is 11.8 Å². The Labute approximate surface area is 158 Å². The lowest BCUT2D eigenvalue weighted by Gasteiger charge is -2.23. The van der Waals surface area contributed by atoms with Gasteiger partial charge in [0.05, 0.1) is 5.92 Å². The van der Waals surface area contributed by atoms with Gasteiger partial charge in [0, 0.05) is 24.8 Å². The zero-order chi connectivity index (χ0) is 19.4. The summed E-state index contributed by atoms with van der Waals surface area (Å²) in [5.74, 6) is -1.06. The summed E-state index contributed by atoms with van der Waals surface area (Å²) in [5.41, 5.74) is 5.62. The van der Waals surface area contributed by atoms with E-state index >= 15 is 0 Å². The van der Waals surface area contributed by atoms with Gasteiger partial charge in [-0.3, -0.25) is 14.4 Å². The van der Waals surface area contributed by atoms with Gasteiger partial charge in [0.25, 0.3) is 0 Å². The summed E-state index contributed by atoms with van der Waals surface area (Å²) in [6.07, 6.45) is 4.65. The van der Waals surface area contributed by atoms with Gasteiger partial charge in [-0.25, -0.2) is 0 Å². The highest BCUT2D eigenvalue weighted by Crippen LogP contribution is 2.15. The topological polar surface area (TPSA) is 122 Å². The van der Waals surface area contributed by atoms with Gasteiger partial charge < -0.3 is 21.5 Å². The van der Waals surface area contributed by atoms with Gasteiger partial charge >= 0.3 is 5.97 Å². The van der Waals surface area contributed by atoms with Gasteiger partial charge in [-0.1, -0.05) is 13.8 Å². The van der Waals surface area contributed by atoms with Crippen LogP contribution in [0.4, 0.5) is 0 Å². The molecule has 5 N–H and O–H groups in total. The first-order valence-corrected chi connectivity index (χ1v) is 11.1. The van der Waals surface area contributed by atoms with E-state index in [0.29, 0.717) is 0 Å². The van der Waals surface area contributed by atoms with Crippen molar-refractivity contribution in [2.45, 2.75) is 38.8 Å². The third-order valence-electron chi connectivity index (χ3n) is 3.80. The SMILES string of the molecule is CSCCC(CSC)NC(=O)C(CN)NC(=O)CC(C(=O)O)C(C)C. The van der Waals surface area contributed by atoms with Crippen molar-refractivity contribution in [1.82, 2.24) is 10.6 Å². The number of thioether (sulfide) groups is 2. The summed E-state index contributed by atoms with van der Waals surface area (Å²) >= 11 is 3.35. The lowest BCUT2D eigenvalue weighted by Crippen LogP contribution is -2.54. The Bertz CT molecular complexity index is 436. The maximum atomic E-state index is 12.4. The zero-order valence-corrected chi connectivity index (χ0v) is 17.0. The summed E-state index contributed by atoms with van der Waals surface area (Å²) in [4.78, 5) is 35.7. The summed E-state index contributed by atoms with van der Waals surface area (Å²) < 4.78 is 0. The number of nitrogens with two attached hydrogens (primary N) is 1. The van der Waals surface area contributed by atoms with E-state index in [0.717, 1.165) is 17.9 Å². The average Bonchev–Trinajstić information content (AvgIpc) is 2.54. The Kier molecular flexibility index (Phi) is 12.8. The Morgan fingerprint density at radius 3 is 2.20 bits per heavy atom. The number of aliphatic carboxylic acids is 1. The molecule has 0 fully saturated rings. The summed E-state index contributed by atoms with van der Waals surface area (Å²) in [5, 5.41) is 14.6. The second-order valence-corrected chi connectivity index (χ2v) is 8.09. The van der Waals surface area contributed by atoms with Crippen LogP contribution in [0.2, 0.25) is 0 Å². The highest BCUT2D eigenvalue weighted by atomic mass is 32.2. The smallest absolute Gasteiger partial charge is 0.307 e. The lowest BCUT2D eigenvalue weighted by molar-refractivity contribution is -0.145. The first-order valence-electron chi connectivity index (χ1n) is 8.27. The van der Waals surface area contributed by atoms with Gasteiger partial charge in [-0.15, -0.1) is 0 Å². The standard InChI is InChI=1S/C16H31N3O4S2/c1-10(2)12(16(22)23)7-14(20)19-13(8-17)15(21)18-11(9-25-4)5-6-24-3/h10-13H,5-9,17H2,1-4H3,(H,18,21)(H,19,20)(H,22,23). The van der Waals surface area contributed by atoms with E-state index in [9.17, 15) is 14.4 Å². The van der Waals surface area contributed by atoms with Crippen molar-refractivity contribution in [2.75, 3.05) is 30.6 Å². The van der Waals surface area contributed by atoms with Crippen LogP contribution in [0.1, 0.15) is 26.7 Å². The van der Waals surface area contributed by atoms with Gasteiger partial charge in [-0.05, 0) is 30.6 Å². The molecular formula is C16H31N3O4S2. The van der Waals surface area contributed by atoms with Gasteiger partial charge in [0.1, 0.15) is 6.04 Å². The molecule has 0 aliphatic rings. The van der Waals surface area contributed by atoms with Crippen molar-refractivity contribution in [3.63, 3.8) is 0 Å². The van der Waals surface area contributed by atoms with Crippen LogP contribution in [0.15, 0.2) is 0 Å². The molecule has 0 rings (SSSR count). The molecule has 0 aromatic rings. The number of nitrogens with one attached hydrogen (secondary N) is 2. The highest BCUT2D eigenvalue weighted by Gasteiger charge is 2.27. The molecule has 7 nitrogen and oxygen atoms in total. The first kappa shape index (κ1) is 24.1. The number of amides is 2. The molecule has 3 atom stereocenters. The quantitative estimate of drug-likeness (QED) is 0.365. The van der Waals surface area contributed by atoms with E-state index < -0.39 is 23.8 Å². The molecule has 0 aromatic carbocycles. The third-order valence-corrected chi connectivity index (χ3v) is 5.18. The maximum absolute atomic E-state index is 12.4. The van der Waals surface area contributed by atoms with Crippen molar-refractivity contribution < 1.29 is 19.5 Å². The molecule has 0 spiro atoms. The predicted octanol–water partition coefficient (Wildman–Crippen LogP) is 0.778. The second-order valence-electron chi connectivity index (χ2n) is 6.19. The molecule has 0 radical (unpaired) electrons. The fourth-order valence-electron chi connectivity index (χ4n) is 2.25.